The molecule has 1 N–H and O–H groups in total. The summed E-state index contributed by atoms with van der Waals surface area (Å²) in [6, 6.07) is 6.54. The maximum Gasteiger partial charge on any atom is 0.140 e. The molecule has 2 aromatic rings. The Morgan fingerprint density at radius 1 is 1.14 bits per heavy atom. The Morgan fingerprint density at radius 2 is 1.76 bits per heavy atom. The summed E-state index contributed by atoms with van der Waals surface area (Å²) >= 11 is 0. The van der Waals surface area contributed by atoms with E-state index in [1.54, 1.807) is 12.1 Å². The third-order valence-corrected chi connectivity index (χ3v) is 3.93. The van der Waals surface area contributed by atoms with Gasteiger partial charge in [-0.3, -0.25) is 0 Å². The number of halogens is 1. The number of aromatic nitrogens is 2. The largest absolute Gasteiger partial charge is 0.373 e. The van der Waals surface area contributed by atoms with Gasteiger partial charge in [0, 0.05) is 23.7 Å². The molecular formula is C17H22FN3. The molecule has 4 heteroatoms. The lowest BCUT2D eigenvalue weighted by molar-refractivity contribution is 0.580. The molecule has 0 aliphatic carbocycles. The average molecular weight is 287 g/mol. The van der Waals surface area contributed by atoms with Crippen LogP contribution in [0.15, 0.2) is 24.3 Å². The molecule has 0 saturated carbocycles. The minimum atomic E-state index is -0.379. The topological polar surface area (TPSA) is 37.8 Å². The maximum absolute atomic E-state index is 13.1. The van der Waals surface area contributed by atoms with E-state index in [2.05, 4.69) is 36.1 Å². The second-order valence-electron chi connectivity index (χ2n) is 5.70. The van der Waals surface area contributed by atoms with E-state index in [1.807, 2.05) is 14.0 Å². The fraction of sp³-hybridized carbons (Fsp3) is 0.412. The first kappa shape index (κ1) is 15.4. The van der Waals surface area contributed by atoms with E-state index >= 15 is 0 Å². The summed E-state index contributed by atoms with van der Waals surface area (Å²) in [6.07, 6.45) is 0.888. The zero-order valence-corrected chi connectivity index (χ0v) is 13.3. The third kappa shape index (κ3) is 2.89. The van der Waals surface area contributed by atoms with Crippen molar-refractivity contribution in [3.63, 3.8) is 0 Å². The van der Waals surface area contributed by atoms with Gasteiger partial charge in [-0.1, -0.05) is 19.1 Å². The summed E-state index contributed by atoms with van der Waals surface area (Å²) in [5.41, 5.74) is 2.74. The smallest absolute Gasteiger partial charge is 0.140 e. The van der Waals surface area contributed by atoms with E-state index in [0.29, 0.717) is 0 Å². The first-order chi connectivity index (χ1) is 9.90. The van der Waals surface area contributed by atoms with Crippen molar-refractivity contribution in [2.75, 3.05) is 12.4 Å². The average Bonchev–Trinajstić information content (AvgIpc) is 2.46. The fourth-order valence-corrected chi connectivity index (χ4v) is 2.50. The van der Waals surface area contributed by atoms with Crippen LogP contribution < -0.4 is 5.32 Å². The number of aryl methyl sites for hydroxylation is 1. The molecule has 0 radical (unpaired) electrons. The third-order valence-electron chi connectivity index (χ3n) is 3.93. The Labute approximate surface area is 125 Å². The molecule has 0 aliphatic rings. The molecule has 21 heavy (non-hydrogen) atoms. The lowest BCUT2D eigenvalue weighted by Gasteiger charge is -2.25. The van der Waals surface area contributed by atoms with Gasteiger partial charge in [-0.25, -0.2) is 14.4 Å². The SMILES string of the molecule is CCc1c(C)nc(C(C)(C)c2ccc(F)cc2)nc1NC. The van der Waals surface area contributed by atoms with Gasteiger partial charge >= 0.3 is 0 Å². The molecule has 0 aliphatic heterocycles. The van der Waals surface area contributed by atoms with Gasteiger partial charge in [0.2, 0.25) is 0 Å². The van der Waals surface area contributed by atoms with E-state index in [9.17, 15) is 4.39 Å². The van der Waals surface area contributed by atoms with E-state index in [4.69, 9.17) is 0 Å². The lowest BCUT2D eigenvalue weighted by atomic mass is 9.83. The Kier molecular flexibility index (Phi) is 4.26. The molecule has 0 spiro atoms. The van der Waals surface area contributed by atoms with Gasteiger partial charge in [0.25, 0.3) is 0 Å². The summed E-state index contributed by atoms with van der Waals surface area (Å²) in [7, 11) is 1.87. The van der Waals surface area contributed by atoms with Crippen molar-refractivity contribution in [3.05, 3.63) is 52.7 Å². The Bertz CT molecular complexity index is 633. The van der Waals surface area contributed by atoms with Crippen LogP contribution in [0, 0.1) is 12.7 Å². The van der Waals surface area contributed by atoms with Gasteiger partial charge in [-0.2, -0.15) is 0 Å². The van der Waals surface area contributed by atoms with Crippen LogP contribution >= 0.6 is 0 Å². The van der Waals surface area contributed by atoms with Crippen molar-refractivity contribution in [1.29, 1.82) is 0 Å². The van der Waals surface area contributed by atoms with Gasteiger partial charge in [-0.05, 0) is 44.9 Å². The van der Waals surface area contributed by atoms with Gasteiger partial charge in [0.1, 0.15) is 17.5 Å². The zero-order chi connectivity index (χ0) is 15.6. The number of nitrogens with zero attached hydrogens (tertiary/aromatic N) is 2. The second-order valence-corrected chi connectivity index (χ2v) is 5.70. The number of rotatable bonds is 4. The summed E-state index contributed by atoms with van der Waals surface area (Å²) in [5.74, 6) is 1.38. The van der Waals surface area contributed by atoms with Gasteiger partial charge in [0.05, 0.1) is 0 Å². The molecule has 0 fully saturated rings. The predicted molar refractivity (Wildman–Crippen MR) is 84.2 cm³/mol. The van der Waals surface area contributed by atoms with E-state index < -0.39 is 0 Å². The molecule has 0 saturated heterocycles. The van der Waals surface area contributed by atoms with Gasteiger partial charge < -0.3 is 5.32 Å². The predicted octanol–water partition coefficient (Wildman–Crippen LogP) is 3.85. The van der Waals surface area contributed by atoms with Gasteiger partial charge in [-0.15, -0.1) is 0 Å². The van der Waals surface area contributed by atoms with E-state index in [-0.39, 0.29) is 11.2 Å². The normalized spacial score (nSPS) is 11.5. The fourth-order valence-electron chi connectivity index (χ4n) is 2.50. The van der Waals surface area contributed by atoms with Crippen LogP contribution in [0.1, 0.15) is 43.4 Å². The number of nitrogens with one attached hydrogen (secondary N) is 1. The molecule has 3 nitrogen and oxygen atoms in total. The minimum absolute atomic E-state index is 0.233. The van der Waals surface area contributed by atoms with Crippen molar-refractivity contribution >= 4 is 5.82 Å². The number of anilines is 1. The minimum Gasteiger partial charge on any atom is -0.373 e. The summed E-state index contributed by atoms with van der Waals surface area (Å²) in [4.78, 5) is 9.36. The van der Waals surface area contributed by atoms with Crippen molar-refractivity contribution in [3.8, 4) is 0 Å². The zero-order valence-electron chi connectivity index (χ0n) is 13.3. The van der Waals surface area contributed by atoms with Crippen LogP contribution in [0.2, 0.25) is 0 Å². The number of hydrogen-bond donors (Lipinski definition) is 1. The van der Waals surface area contributed by atoms with Crippen LogP contribution in [-0.4, -0.2) is 17.0 Å². The summed E-state index contributed by atoms with van der Waals surface area (Å²) in [5, 5.41) is 3.15. The molecular weight excluding hydrogens is 265 g/mol. The maximum atomic E-state index is 13.1. The van der Waals surface area contributed by atoms with Crippen molar-refractivity contribution < 1.29 is 4.39 Å². The molecule has 0 bridgehead atoms. The van der Waals surface area contributed by atoms with Crippen LogP contribution in [0.25, 0.3) is 0 Å². The van der Waals surface area contributed by atoms with Crippen molar-refractivity contribution in [2.24, 2.45) is 0 Å². The van der Waals surface area contributed by atoms with Crippen LogP contribution in [0.3, 0.4) is 0 Å². The van der Waals surface area contributed by atoms with Crippen molar-refractivity contribution in [1.82, 2.24) is 9.97 Å². The molecule has 112 valence electrons. The molecule has 0 amide bonds. The number of hydrogen-bond acceptors (Lipinski definition) is 3. The lowest BCUT2D eigenvalue weighted by Crippen LogP contribution is -2.24. The Balaban J connectivity index is 2.54. The van der Waals surface area contributed by atoms with E-state index in [1.165, 1.54) is 12.1 Å². The highest BCUT2D eigenvalue weighted by molar-refractivity contribution is 5.47. The monoisotopic (exact) mass is 287 g/mol. The highest BCUT2D eigenvalue weighted by Crippen LogP contribution is 2.31. The van der Waals surface area contributed by atoms with Crippen LogP contribution in [0.5, 0.6) is 0 Å². The summed E-state index contributed by atoms with van der Waals surface area (Å²) < 4.78 is 13.1. The quantitative estimate of drug-likeness (QED) is 0.928. The number of benzene rings is 1. The van der Waals surface area contributed by atoms with E-state index in [0.717, 1.165) is 34.9 Å². The molecule has 2 rings (SSSR count). The van der Waals surface area contributed by atoms with Crippen LogP contribution in [-0.2, 0) is 11.8 Å². The first-order valence-electron chi connectivity index (χ1n) is 7.22. The Morgan fingerprint density at radius 3 is 2.29 bits per heavy atom. The summed E-state index contributed by atoms with van der Waals surface area (Å²) in [6.45, 7) is 8.21. The van der Waals surface area contributed by atoms with Crippen molar-refractivity contribution in [2.45, 2.75) is 39.5 Å². The molecule has 1 aromatic heterocycles. The van der Waals surface area contributed by atoms with Crippen LogP contribution in [0.4, 0.5) is 10.2 Å². The molecule has 0 unspecified atom stereocenters. The highest BCUT2D eigenvalue weighted by Gasteiger charge is 2.28. The molecule has 1 heterocycles. The molecule has 0 atom stereocenters. The van der Waals surface area contributed by atoms with Gasteiger partial charge in [0.15, 0.2) is 0 Å². The first-order valence-corrected chi connectivity index (χ1v) is 7.22. The Hall–Kier alpha value is -1.97. The standard InChI is InChI=1S/C17H22FN3/c1-6-14-11(2)20-16(21-15(14)19-5)17(3,4)12-7-9-13(18)10-8-12/h7-10H,6H2,1-5H3,(H,19,20,21). The molecule has 1 aromatic carbocycles. The second kappa shape index (κ2) is 5.80. The highest BCUT2D eigenvalue weighted by atomic mass is 19.1.